The summed E-state index contributed by atoms with van der Waals surface area (Å²) in [4.78, 5) is 15.3. The first-order valence-electron chi connectivity index (χ1n) is 10.5. The van der Waals surface area contributed by atoms with Crippen molar-refractivity contribution < 1.29 is 14.3 Å². The lowest BCUT2D eigenvalue weighted by Crippen LogP contribution is -2.35. The fourth-order valence-corrected chi connectivity index (χ4v) is 4.17. The number of rotatable bonds is 9. The number of benzene rings is 2. The van der Waals surface area contributed by atoms with E-state index in [1.54, 1.807) is 7.11 Å². The van der Waals surface area contributed by atoms with Gasteiger partial charge in [0, 0.05) is 16.5 Å². The molecule has 0 spiro atoms. The van der Waals surface area contributed by atoms with Crippen LogP contribution in [0.15, 0.2) is 46.9 Å². The SMILES string of the molecule is CCCCOc1ccc(Br)c(N(Cc2ccc(OC)cc2)C(=O)C2CCCC2)c1. The number of carbonyl (C=O) groups is 1. The van der Waals surface area contributed by atoms with E-state index < -0.39 is 0 Å². The molecule has 0 aliphatic heterocycles. The highest BCUT2D eigenvalue weighted by Gasteiger charge is 2.29. The molecular formula is C24H30BrNO3. The second kappa shape index (κ2) is 10.7. The van der Waals surface area contributed by atoms with Crippen molar-refractivity contribution in [1.29, 1.82) is 0 Å². The molecule has 0 N–H and O–H groups in total. The number of ether oxygens (including phenoxy) is 2. The van der Waals surface area contributed by atoms with Crippen molar-refractivity contribution >= 4 is 27.5 Å². The molecule has 3 rings (SSSR count). The van der Waals surface area contributed by atoms with E-state index in [0.29, 0.717) is 13.2 Å². The summed E-state index contributed by atoms with van der Waals surface area (Å²) in [5, 5.41) is 0. The molecule has 29 heavy (non-hydrogen) atoms. The molecule has 1 aliphatic carbocycles. The minimum Gasteiger partial charge on any atom is -0.497 e. The van der Waals surface area contributed by atoms with E-state index in [1.165, 1.54) is 0 Å². The molecule has 1 saturated carbocycles. The van der Waals surface area contributed by atoms with Crippen molar-refractivity contribution in [3.63, 3.8) is 0 Å². The monoisotopic (exact) mass is 459 g/mol. The summed E-state index contributed by atoms with van der Waals surface area (Å²) >= 11 is 3.66. The van der Waals surface area contributed by atoms with Gasteiger partial charge in [0.25, 0.3) is 0 Å². The summed E-state index contributed by atoms with van der Waals surface area (Å²) in [5.41, 5.74) is 1.94. The summed E-state index contributed by atoms with van der Waals surface area (Å²) in [6.45, 7) is 3.36. The fourth-order valence-electron chi connectivity index (χ4n) is 3.71. The Kier molecular flexibility index (Phi) is 7.99. The van der Waals surface area contributed by atoms with Crippen molar-refractivity contribution in [2.24, 2.45) is 5.92 Å². The smallest absolute Gasteiger partial charge is 0.230 e. The van der Waals surface area contributed by atoms with Gasteiger partial charge in [0.1, 0.15) is 11.5 Å². The maximum absolute atomic E-state index is 13.4. The molecule has 2 aromatic carbocycles. The van der Waals surface area contributed by atoms with Gasteiger partial charge in [0.15, 0.2) is 0 Å². The van der Waals surface area contributed by atoms with Gasteiger partial charge in [-0.2, -0.15) is 0 Å². The Balaban J connectivity index is 1.88. The van der Waals surface area contributed by atoms with Gasteiger partial charge in [0.05, 0.1) is 25.9 Å². The third-order valence-electron chi connectivity index (χ3n) is 5.45. The highest BCUT2D eigenvalue weighted by molar-refractivity contribution is 9.10. The van der Waals surface area contributed by atoms with Crippen molar-refractivity contribution in [2.75, 3.05) is 18.6 Å². The van der Waals surface area contributed by atoms with Crippen LogP contribution in [0.3, 0.4) is 0 Å². The Morgan fingerprint density at radius 2 is 1.79 bits per heavy atom. The molecule has 0 aromatic heterocycles. The van der Waals surface area contributed by atoms with E-state index in [9.17, 15) is 4.79 Å². The number of amides is 1. The topological polar surface area (TPSA) is 38.8 Å². The Hall–Kier alpha value is -2.01. The van der Waals surface area contributed by atoms with Gasteiger partial charge < -0.3 is 14.4 Å². The third-order valence-corrected chi connectivity index (χ3v) is 6.12. The van der Waals surface area contributed by atoms with Crippen molar-refractivity contribution in [2.45, 2.75) is 52.0 Å². The largest absolute Gasteiger partial charge is 0.497 e. The van der Waals surface area contributed by atoms with E-state index in [2.05, 4.69) is 22.9 Å². The molecule has 0 saturated heterocycles. The predicted octanol–water partition coefficient (Wildman–Crippen LogP) is 6.36. The van der Waals surface area contributed by atoms with Crippen LogP contribution < -0.4 is 14.4 Å². The highest BCUT2D eigenvalue weighted by atomic mass is 79.9. The molecule has 1 aliphatic rings. The summed E-state index contributed by atoms with van der Waals surface area (Å²) in [5.74, 6) is 1.92. The molecule has 0 atom stereocenters. The van der Waals surface area contributed by atoms with Crippen LogP contribution >= 0.6 is 15.9 Å². The molecule has 4 nitrogen and oxygen atoms in total. The van der Waals surface area contributed by atoms with Crippen molar-refractivity contribution in [3.05, 3.63) is 52.5 Å². The van der Waals surface area contributed by atoms with Crippen LogP contribution in [0.25, 0.3) is 0 Å². The normalized spacial score (nSPS) is 14.0. The van der Waals surface area contributed by atoms with Gasteiger partial charge in [-0.1, -0.05) is 38.3 Å². The molecule has 1 fully saturated rings. The van der Waals surface area contributed by atoms with Gasteiger partial charge in [-0.15, -0.1) is 0 Å². The van der Waals surface area contributed by atoms with Gasteiger partial charge in [-0.3, -0.25) is 4.79 Å². The molecule has 1 amide bonds. The number of methoxy groups -OCH3 is 1. The Morgan fingerprint density at radius 1 is 1.10 bits per heavy atom. The van der Waals surface area contributed by atoms with Gasteiger partial charge >= 0.3 is 0 Å². The zero-order valence-electron chi connectivity index (χ0n) is 17.3. The predicted molar refractivity (Wildman–Crippen MR) is 121 cm³/mol. The Labute approximate surface area is 182 Å². The molecule has 2 aromatic rings. The summed E-state index contributed by atoms with van der Waals surface area (Å²) in [6, 6.07) is 13.8. The number of hydrogen-bond donors (Lipinski definition) is 0. The van der Waals surface area contributed by atoms with E-state index in [1.807, 2.05) is 47.4 Å². The summed E-state index contributed by atoms with van der Waals surface area (Å²) in [7, 11) is 1.66. The minimum atomic E-state index is 0.102. The van der Waals surface area contributed by atoms with E-state index in [-0.39, 0.29) is 11.8 Å². The minimum absolute atomic E-state index is 0.102. The average Bonchev–Trinajstić information content (AvgIpc) is 3.28. The zero-order chi connectivity index (χ0) is 20.6. The van der Waals surface area contributed by atoms with E-state index in [0.717, 1.165) is 65.7 Å². The van der Waals surface area contributed by atoms with E-state index in [4.69, 9.17) is 9.47 Å². The first kappa shape index (κ1) is 21.7. The second-order valence-corrected chi connectivity index (χ2v) is 8.42. The lowest BCUT2D eigenvalue weighted by molar-refractivity contribution is -0.122. The molecule has 0 bridgehead atoms. The number of nitrogens with zero attached hydrogens (tertiary/aromatic N) is 1. The maximum Gasteiger partial charge on any atom is 0.230 e. The number of anilines is 1. The Morgan fingerprint density at radius 3 is 2.45 bits per heavy atom. The van der Waals surface area contributed by atoms with Gasteiger partial charge in [-0.25, -0.2) is 0 Å². The van der Waals surface area contributed by atoms with Crippen LogP contribution in [0, 0.1) is 5.92 Å². The summed E-state index contributed by atoms with van der Waals surface area (Å²) < 4.78 is 12.1. The first-order chi connectivity index (χ1) is 14.1. The van der Waals surface area contributed by atoms with Crippen LogP contribution in [0.2, 0.25) is 0 Å². The van der Waals surface area contributed by atoms with Crippen molar-refractivity contribution in [1.82, 2.24) is 0 Å². The Bertz CT molecular complexity index is 800. The number of hydrogen-bond acceptors (Lipinski definition) is 3. The first-order valence-corrected chi connectivity index (χ1v) is 11.3. The molecule has 156 valence electrons. The van der Waals surface area contributed by atoms with Gasteiger partial charge in [0.2, 0.25) is 5.91 Å². The van der Waals surface area contributed by atoms with Gasteiger partial charge in [-0.05, 0) is 65.0 Å². The number of carbonyl (C=O) groups excluding carboxylic acids is 1. The van der Waals surface area contributed by atoms with Crippen LogP contribution in [-0.2, 0) is 11.3 Å². The van der Waals surface area contributed by atoms with Crippen LogP contribution in [0.1, 0.15) is 51.0 Å². The highest BCUT2D eigenvalue weighted by Crippen LogP contribution is 2.35. The fraction of sp³-hybridized carbons (Fsp3) is 0.458. The van der Waals surface area contributed by atoms with Crippen molar-refractivity contribution in [3.8, 4) is 11.5 Å². The summed E-state index contributed by atoms with van der Waals surface area (Å²) in [6.07, 6.45) is 6.32. The van der Waals surface area contributed by atoms with Crippen LogP contribution in [0.5, 0.6) is 11.5 Å². The van der Waals surface area contributed by atoms with E-state index >= 15 is 0 Å². The van der Waals surface area contributed by atoms with Crippen LogP contribution in [0.4, 0.5) is 5.69 Å². The number of halogens is 1. The molecule has 0 radical (unpaired) electrons. The lowest BCUT2D eigenvalue weighted by atomic mass is 10.0. The molecular weight excluding hydrogens is 430 g/mol. The maximum atomic E-state index is 13.4. The average molecular weight is 460 g/mol. The van der Waals surface area contributed by atoms with Crippen LogP contribution in [-0.4, -0.2) is 19.6 Å². The molecule has 0 heterocycles. The second-order valence-electron chi connectivity index (χ2n) is 7.57. The number of unbranched alkanes of at least 4 members (excludes halogenated alkanes) is 1. The standard InChI is InChI=1S/C24H30BrNO3/c1-3-4-15-29-21-13-14-22(25)23(16-21)26(24(27)19-7-5-6-8-19)17-18-9-11-20(28-2)12-10-18/h9-14,16,19H,3-8,15,17H2,1-2H3. The molecule has 0 unspecified atom stereocenters. The third kappa shape index (κ3) is 5.75. The molecule has 5 heteroatoms. The lowest BCUT2D eigenvalue weighted by Gasteiger charge is -2.27. The quantitative estimate of drug-likeness (QED) is 0.409. The zero-order valence-corrected chi connectivity index (χ0v) is 18.9.